The first kappa shape index (κ1) is 12.9. The Labute approximate surface area is 97.4 Å². The molecule has 0 amide bonds. The summed E-state index contributed by atoms with van der Waals surface area (Å²) >= 11 is 0. The van der Waals surface area contributed by atoms with Crippen molar-refractivity contribution in [1.82, 2.24) is 0 Å². The quantitative estimate of drug-likeness (QED) is 0.526. The normalized spacial score (nSPS) is 20.3. The Morgan fingerprint density at radius 2 is 1.81 bits per heavy atom. The monoisotopic (exact) mass is 220 g/mol. The molecule has 2 nitrogen and oxygen atoms in total. The van der Waals surface area contributed by atoms with Crippen LogP contribution in [0.25, 0.3) is 0 Å². The zero-order valence-corrected chi connectivity index (χ0v) is 10.00. The molecule has 1 aliphatic carbocycles. The van der Waals surface area contributed by atoms with Gasteiger partial charge in [-0.1, -0.05) is 25.2 Å². The third-order valence-electron chi connectivity index (χ3n) is 3.24. The topological polar surface area (TPSA) is 34.1 Å². The summed E-state index contributed by atoms with van der Waals surface area (Å²) in [6.07, 6.45) is 9.44. The van der Waals surface area contributed by atoms with Crippen molar-refractivity contribution >= 4 is 11.6 Å². The summed E-state index contributed by atoms with van der Waals surface area (Å²) in [6, 6.07) is 0. The van der Waals surface area contributed by atoms with Crippen LogP contribution in [0.1, 0.15) is 45.4 Å². The lowest BCUT2D eigenvalue weighted by Crippen LogP contribution is -2.41. The average molecular weight is 220 g/mol. The van der Waals surface area contributed by atoms with Crippen LogP contribution in [0.3, 0.4) is 0 Å². The van der Waals surface area contributed by atoms with E-state index in [1.807, 2.05) is 19.1 Å². The van der Waals surface area contributed by atoms with Crippen LogP contribution in [0, 0.1) is 5.41 Å². The minimum Gasteiger partial charge on any atom is -0.299 e. The molecule has 0 atom stereocenters. The number of hydrogen-bond donors (Lipinski definition) is 0. The van der Waals surface area contributed by atoms with Crippen molar-refractivity contribution in [2.75, 3.05) is 0 Å². The molecule has 0 heterocycles. The van der Waals surface area contributed by atoms with E-state index in [0.717, 1.165) is 6.42 Å². The molecule has 0 N–H and O–H groups in total. The van der Waals surface area contributed by atoms with Crippen LogP contribution in [-0.2, 0) is 9.59 Å². The molecule has 0 unspecified atom stereocenters. The van der Waals surface area contributed by atoms with Crippen LogP contribution in [0.2, 0.25) is 0 Å². The molecule has 2 heteroatoms. The Hall–Kier alpha value is -1.18. The standard InChI is InChI=1S/C14H20O2/c1-3-5-6-11-14(10-4-2)12(15)8-7-9-13(14)16/h4-6H,2-3,7-11H2,1H3. The van der Waals surface area contributed by atoms with E-state index in [9.17, 15) is 9.59 Å². The first-order valence-corrected chi connectivity index (χ1v) is 6.00. The van der Waals surface area contributed by atoms with Gasteiger partial charge in [-0.3, -0.25) is 9.59 Å². The van der Waals surface area contributed by atoms with E-state index in [4.69, 9.17) is 0 Å². The maximum Gasteiger partial charge on any atom is 0.147 e. The number of ketones is 2. The largest absolute Gasteiger partial charge is 0.299 e. The summed E-state index contributed by atoms with van der Waals surface area (Å²) in [5.41, 5.74) is -0.786. The van der Waals surface area contributed by atoms with Gasteiger partial charge in [0, 0.05) is 12.8 Å². The van der Waals surface area contributed by atoms with Crippen molar-refractivity contribution in [2.24, 2.45) is 5.41 Å². The van der Waals surface area contributed by atoms with E-state index in [0.29, 0.717) is 32.1 Å². The van der Waals surface area contributed by atoms with Crippen LogP contribution in [0.5, 0.6) is 0 Å². The van der Waals surface area contributed by atoms with Crippen LogP contribution in [-0.4, -0.2) is 11.6 Å². The second-order valence-electron chi connectivity index (χ2n) is 4.36. The Balaban J connectivity index is 2.91. The summed E-state index contributed by atoms with van der Waals surface area (Å²) in [5, 5.41) is 0. The van der Waals surface area contributed by atoms with E-state index >= 15 is 0 Å². The van der Waals surface area contributed by atoms with Crippen LogP contribution in [0.4, 0.5) is 0 Å². The zero-order valence-electron chi connectivity index (χ0n) is 10.00. The molecule has 0 saturated heterocycles. The third kappa shape index (κ3) is 2.49. The molecule has 88 valence electrons. The molecular weight excluding hydrogens is 200 g/mol. The number of carbonyl (C=O) groups is 2. The van der Waals surface area contributed by atoms with E-state index in [1.54, 1.807) is 6.08 Å². The highest BCUT2D eigenvalue weighted by Crippen LogP contribution is 2.37. The summed E-state index contributed by atoms with van der Waals surface area (Å²) in [7, 11) is 0. The van der Waals surface area contributed by atoms with E-state index in [2.05, 4.69) is 6.58 Å². The molecule has 0 aromatic rings. The van der Waals surface area contributed by atoms with Crippen molar-refractivity contribution in [2.45, 2.75) is 45.4 Å². The minimum atomic E-state index is -0.786. The van der Waals surface area contributed by atoms with Crippen LogP contribution in [0.15, 0.2) is 24.8 Å². The fourth-order valence-corrected chi connectivity index (χ4v) is 2.28. The number of allylic oxidation sites excluding steroid dienone is 3. The highest BCUT2D eigenvalue weighted by molar-refractivity contribution is 6.09. The number of rotatable bonds is 5. The molecular formula is C14H20O2. The second-order valence-corrected chi connectivity index (χ2v) is 4.36. The van der Waals surface area contributed by atoms with Crippen molar-refractivity contribution in [3.63, 3.8) is 0 Å². The van der Waals surface area contributed by atoms with Gasteiger partial charge >= 0.3 is 0 Å². The fourth-order valence-electron chi connectivity index (χ4n) is 2.28. The molecule has 0 spiro atoms. The van der Waals surface area contributed by atoms with Gasteiger partial charge in [-0.15, -0.1) is 6.58 Å². The molecule has 16 heavy (non-hydrogen) atoms. The Morgan fingerprint density at radius 1 is 1.19 bits per heavy atom. The molecule has 0 aromatic heterocycles. The van der Waals surface area contributed by atoms with Gasteiger partial charge in [0.05, 0.1) is 5.41 Å². The summed E-state index contributed by atoms with van der Waals surface area (Å²) in [4.78, 5) is 24.0. The Kier molecular flexibility index (Phi) is 4.66. The SMILES string of the molecule is C=CCC1(CC=CCC)C(=O)CCCC1=O. The number of hydrogen-bond acceptors (Lipinski definition) is 2. The van der Waals surface area contributed by atoms with Gasteiger partial charge in [0.1, 0.15) is 11.6 Å². The summed E-state index contributed by atoms with van der Waals surface area (Å²) in [6.45, 7) is 5.71. The van der Waals surface area contributed by atoms with Gasteiger partial charge in [0.2, 0.25) is 0 Å². The van der Waals surface area contributed by atoms with Crippen molar-refractivity contribution in [3.8, 4) is 0 Å². The lowest BCUT2D eigenvalue weighted by molar-refractivity contribution is -0.143. The first-order valence-electron chi connectivity index (χ1n) is 6.00. The fraction of sp³-hybridized carbons (Fsp3) is 0.571. The third-order valence-corrected chi connectivity index (χ3v) is 3.24. The van der Waals surface area contributed by atoms with E-state index in [-0.39, 0.29) is 11.6 Å². The average Bonchev–Trinajstić information content (AvgIpc) is 2.26. The van der Waals surface area contributed by atoms with Gasteiger partial charge in [-0.05, 0) is 25.7 Å². The highest BCUT2D eigenvalue weighted by Gasteiger charge is 2.44. The minimum absolute atomic E-state index is 0.101. The molecule has 1 aliphatic rings. The lowest BCUT2D eigenvalue weighted by atomic mass is 9.67. The Morgan fingerprint density at radius 3 is 2.31 bits per heavy atom. The lowest BCUT2D eigenvalue weighted by Gasteiger charge is -2.32. The molecule has 0 aliphatic heterocycles. The van der Waals surface area contributed by atoms with Gasteiger partial charge in [-0.25, -0.2) is 0 Å². The van der Waals surface area contributed by atoms with Gasteiger partial charge < -0.3 is 0 Å². The van der Waals surface area contributed by atoms with Crippen LogP contribution >= 0.6 is 0 Å². The van der Waals surface area contributed by atoms with Crippen molar-refractivity contribution in [3.05, 3.63) is 24.8 Å². The predicted molar refractivity (Wildman–Crippen MR) is 65.2 cm³/mol. The smallest absolute Gasteiger partial charge is 0.147 e. The van der Waals surface area contributed by atoms with E-state index in [1.165, 1.54) is 0 Å². The molecule has 0 radical (unpaired) electrons. The van der Waals surface area contributed by atoms with Gasteiger partial charge in [-0.2, -0.15) is 0 Å². The van der Waals surface area contributed by atoms with Gasteiger partial charge in [0.25, 0.3) is 0 Å². The number of Topliss-reactive ketones (excluding diaryl/α,β-unsaturated/α-hetero) is 2. The maximum absolute atomic E-state index is 12.0. The first-order chi connectivity index (χ1) is 7.67. The zero-order chi connectivity index (χ0) is 12.0. The summed E-state index contributed by atoms with van der Waals surface area (Å²) in [5.74, 6) is 0.203. The molecule has 0 bridgehead atoms. The summed E-state index contributed by atoms with van der Waals surface area (Å²) < 4.78 is 0. The van der Waals surface area contributed by atoms with Crippen LogP contribution < -0.4 is 0 Å². The maximum atomic E-state index is 12.0. The van der Waals surface area contributed by atoms with Crippen molar-refractivity contribution in [1.29, 1.82) is 0 Å². The highest BCUT2D eigenvalue weighted by atomic mass is 16.2. The van der Waals surface area contributed by atoms with Gasteiger partial charge in [0.15, 0.2) is 0 Å². The molecule has 1 fully saturated rings. The molecule has 1 rings (SSSR count). The molecule has 1 saturated carbocycles. The number of carbonyl (C=O) groups excluding carboxylic acids is 2. The molecule has 0 aromatic carbocycles. The Bertz CT molecular complexity index is 297. The second kappa shape index (κ2) is 5.78. The van der Waals surface area contributed by atoms with E-state index < -0.39 is 5.41 Å². The predicted octanol–water partition coefficient (Wildman–Crippen LogP) is 3.23. The van der Waals surface area contributed by atoms with Crippen molar-refractivity contribution < 1.29 is 9.59 Å².